The van der Waals surface area contributed by atoms with Crippen LogP contribution in [0.5, 0.6) is 0 Å². The Kier molecular flexibility index (Phi) is 6.12. The summed E-state index contributed by atoms with van der Waals surface area (Å²) in [5, 5.41) is 20.3. The monoisotopic (exact) mass is 480 g/mol. The van der Waals surface area contributed by atoms with Gasteiger partial charge in [0.05, 0.1) is 27.5 Å². The van der Waals surface area contributed by atoms with Gasteiger partial charge in [-0.05, 0) is 48.4 Å². The fourth-order valence-corrected chi connectivity index (χ4v) is 4.61. The number of anilines is 1. The van der Waals surface area contributed by atoms with Crippen LogP contribution in [0.15, 0.2) is 63.9 Å². The zero-order valence-corrected chi connectivity index (χ0v) is 18.8. The van der Waals surface area contributed by atoms with E-state index >= 15 is 0 Å². The Morgan fingerprint density at radius 3 is 2.61 bits per heavy atom. The smallest absolute Gasteiger partial charge is 0.307 e. The second-order valence-corrected chi connectivity index (χ2v) is 8.91. The maximum atomic E-state index is 13.0. The number of furan rings is 1. The lowest BCUT2D eigenvalue weighted by Crippen LogP contribution is -2.27. The van der Waals surface area contributed by atoms with Gasteiger partial charge in [0.25, 0.3) is 11.6 Å². The van der Waals surface area contributed by atoms with Crippen molar-refractivity contribution in [2.24, 2.45) is 0 Å². The minimum Gasteiger partial charge on any atom is -0.481 e. The summed E-state index contributed by atoms with van der Waals surface area (Å²) in [6.45, 7) is 1.77. The highest BCUT2D eigenvalue weighted by Crippen LogP contribution is 2.37. The van der Waals surface area contributed by atoms with Crippen LogP contribution >= 0.6 is 24.0 Å². The van der Waals surface area contributed by atoms with E-state index in [1.165, 1.54) is 11.0 Å². The highest BCUT2D eigenvalue weighted by molar-refractivity contribution is 8.27. The lowest BCUT2D eigenvalue weighted by atomic mass is 10.1. The second-order valence-electron chi connectivity index (χ2n) is 7.23. The number of carboxylic acid groups (broad SMARTS) is 1. The van der Waals surface area contributed by atoms with E-state index in [2.05, 4.69) is 0 Å². The number of thiocarbonyl (C=S) groups is 1. The molecule has 2 heterocycles. The zero-order chi connectivity index (χ0) is 23.7. The van der Waals surface area contributed by atoms with E-state index in [1.54, 1.807) is 61.5 Å². The highest BCUT2D eigenvalue weighted by Gasteiger charge is 2.33. The van der Waals surface area contributed by atoms with Gasteiger partial charge in [-0.3, -0.25) is 24.6 Å². The van der Waals surface area contributed by atoms with Crippen molar-refractivity contribution in [2.75, 3.05) is 4.90 Å². The third-order valence-corrected chi connectivity index (χ3v) is 6.16. The first-order chi connectivity index (χ1) is 15.7. The fraction of sp³-hybridized carbons (Fsp3) is 0.0870. The van der Waals surface area contributed by atoms with Gasteiger partial charge >= 0.3 is 5.97 Å². The number of aryl methyl sites for hydroxylation is 1. The molecule has 8 nitrogen and oxygen atoms in total. The molecule has 1 saturated heterocycles. The van der Waals surface area contributed by atoms with Gasteiger partial charge in [-0.15, -0.1) is 0 Å². The first kappa shape index (κ1) is 22.4. The standard InChI is InChI=1S/C23H16N2O6S2/c1-13-2-8-17(18(10-13)25(29)30)19-9-7-16(31-19)12-20-22(28)24(23(32)33-20)15-5-3-14(4-6-15)11-21(26)27/h2-10,12H,11H2,1H3,(H,26,27)/b20-12+. The normalized spacial score (nSPS) is 14.8. The number of nitro benzene ring substituents is 1. The lowest BCUT2D eigenvalue weighted by molar-refractivity contribution is -0.384. The van der Waals surface area contributed by atoms with E-state index in [0.29, 0.717) is 37.6 Å². The molecule has 0 saturated carbocycles. The van der Waals surface area contributed by atoms with E-state index in [0.717, 1.165) is 17.3 Å². The molecule has 0 atom stereocenters. The number of nitro groups is 1. The van der Waals surface area contributed by atoms with Gasteiger partial charge in [-0.1, -0.05) is 42.2 Å². The molecule has 0 radical (unpaired) electrons. The predicted octanol–water partition coefficient (Wildman–Crippen LogP) is 5.20. The molecule has 1 amide bonds. The molecular weight excluding hydrogens is 464 g/mol. The van der Waals surface area contributed by atoms with E-state index < -0.39 is 10.9 Å². The van der Waals surface area contributed by atoms with Crippen LogP contribution in [0, 0.1) is 17.0 Å². The maximum Gasteiger partial charge on any atom is 0.307 e. The molecular formula is C23H16N2O6S2. The van der Waals surface area contributed by atoms with E-state index in [1.807, 2.05) is 0 Å². The molecule has 0 unspecified atom stereocenters. The molecule has 1 fully saturated rings. The van der Waals surface area contributed by atoms with Gasteiger partial charge in [0.2, 0.25) is 0 Å². The van der Waals surface area contributed by atoms with Crippen LogP contribution in [0.3, 0.4) is 0 Å². The van der Waals surface area contributed by atoms with Crippen LogP contribution in [0.1, 0.15) is 16.9 Å². The number of amides is 1. The Hall–Kier alpha value is -3.76. The molecule has 0 bridgehead atoms. The van der Waals surface area contributed by atoms with E-state index in [4.69, 9.17) is 21.7 Å². The molecule has 166 valence electrons. The number of nitrogens with zero attached hydrogens (tertiary/aromatic N) is 2. The summed E-state index contributed by atoms with van der Waals surface area (Å²) < 4.78 is 6.11. The summed E-state index contributed by atoms with van der Waals surface area (Å²) in [5.74, 6) is -0.602. The van der Waals surface area contributed by atoms with Crippen LogP contribution in [0.25, 0.3) is 17.4 Å². The Morgan fingerprint density at radius 2 is 1.94 bits per heavy atom. The maximum absolute atomic E-state index is 13.0. The van der Waals surface area contributed by atoms with Crippen molar-refractivity contribution in [3.8, 4) is 11.3 Å². The number of rotatable bonds is 6. The predicted molar refractivity (Wildman–Crippen MR) is 129 cm³/mol. The molecule has 1 N–H and O–H groups in total. The Morgan fingerprint density at radius 1 is 1.21 bits per heavy atom. The summed E-state index contributed by atoms with van der Waals surface area (Å²) in [6, 6.07) is 14.7. The summed E-state index contributed by atoms with van der Waals surface area (Å²) >= 11 is 6.47. The van der Waals surface area contributed by atoms with Crippen molar-refractivity contribution >= 4 is 57.6 Å². The minimum atomic E-state index is -0.940. The second kappa shape index (κ2) is 9.00. The molecule has 1 aliphatic rings. The quantitative estimate of drug-likeness (QED) is 0.222. The fourth-order valence-electron chi connectivity index (χ4n) is 3.33. The average Bonchev–Trinajstić information content (AvgIpc) is 3.32. The van der Waals surface area contributed by atoms with E-state index in [-0.39, 0.29) is 18.0 Å². The molecule has 1 aliphatic heterocycles. The molecule has 0 aliphatic carbocycles. The van der Waals surface area contributed by atoms with Crippen molar-refractivity contribution in [3.63, 3.8) is 0 Å². The van der Waals surface area contributed by atoms with Gasteiger partial charge in [-0.2, -0.15) is 0 Å². The summed E-state index contributed by atoms with van der Waals surface area (Å²) in [7, 11) is 0. The van der Waals surface area contributed by atoms with Crippen molar-refractivity contribution < 1.29 is 24.0 Å². The number of aliphatic carboxylic acids is 1. The number of hydrogen-bond acceptors (Lipinski definition) is 7. The summed E-state index contributed by atoms with van der Waals surface area (Å²) in [5.41, 5.74) is 2.19. The summed E-state index contributed by atoms with van der Waals surface area (Å²) in [6.07, 6.45) is 1.43. The molecule has 1 aromatic heterocycles. The Bertz CT molecular complexity index is 1330. The van der Waals surface area contributed by atoms with Crippen LogP contribution in [0.2, 0.25) is 0 Å². The number of benzene rings is 2. The first-order valence-electron chi connectivity index (χ1n) is 9.67. The highest BCUT2D eigenvalue weighted by atomic mass is 32.2. The van der Waals surface area contributed by atoms with Gasteiger partial charge in [-0.25, -0.2) is 0 Å². The minimum absolute atomic E-state index is 0.0615. The topological polar surface area (TPSA) is 114 Å². The third-order valence-electron chi connectivity index (χ3n) is 4.86. The van der Waals surface area contributed by atoms with E-state index in [9.17, 15) is 19.7 Å². The number of carbonyl (C=O) groups is 2. The number of hydrogen-bond donors (Lipinski definition) is 1. The van der Waals surface area contributed by atoms with Crippen molar-refractivity contribution in [2.45, 2.75) is 13.3 Å². The molecule has 4 rings (SSSR count). The first-order valence-corrected chi connectivity index (χ1v) is 10.9. The largest absolute Gasteiger partial charge is 0.481 e. The number of carboxylic acids is 1. The van der Waals surface area contributed by atoms with Crippen LogP contribution in [0.4, 0.5) is 11.4 Å². The molecule has 0 spiro atoms. The van der Waals surface area contributed by atoms with Crippen LogP contribution in [-0.2, 0) is 16.0 Å². The van der Waals surface area contributed by atoms with Gasteiger partial charge in [0, 0.05) is 12.1 Å². The SMILES string of the molecule is Cc1ccc(-c2ccc(/C=C3/SC(=S)N(c4ccc(CC(=O)O)cc4)C3=O)o2)c([N+](=O)[O-])c1. The molecule has 10 heteroatoms. The van der Waals surface area contributed by atoms with Crippen LogP contribution in [-0.4, -0.2) is 26.2 Å². The van der Waals surface area contributed by atoms with Crippen LogP contribution < -0.4 is 4.90 Å². The lowest BCUT2D eigenvalue weighted by Gasteiger charge is -2.14. The Labute approximate surface area is 197 Å². The molecule has 2 aromatic carbocycles. The van der Waals surface area contributed by atoms with Crippen molar-refractivity contribution in [3.05, 3.63) is 86.5 Å². The van der Waals surface area contributed by atoms with Gasteiger partial charge in [0.1, 0.15) is 11.5 Å². The average molecular weight is 481 g/mol. The molecule has 3 aromatic rings. The van der Waals surface area contributed by atoms with Crippen molar-refractivity contribution in [1.82, 2.24) is 0 Å². The van der Waals surface area contributed by atoms with Gasteiger partial charge in [0.15, 0.2) is 4.32 Å². The Balaban J connectivity index is 1.59. The summed E-state index contributed by atoms with van der Waals surface area (Å²) in [4.78, 5) is 36.5. The molecule has 33 heavy (non-hydrogen) atoms. The van der Waals surface area contributed by atoms with Gasteiger partial charge < -0.3 is 9.52 Å². The van der Waals surface area contributed by atoms with Crippen molar-refractivity contribution in [1.29, 1.82) is 0 Å². The number of carbonyl (C=O) groups excluding carboxylic acids is 1. The zero-order valence-electron chi connectivity index (χ0n) is 17.2. The number of thioether (sulfide) groups is 1. The third kappa shape index (κ3) is 4.71.